The van der Waals surface area contributed by atoms with Crippen molar-refractivity contribution in [2.75, 3.05) is 19.4 Å². The van der Waals surface area contributed by atoms with Gasteiger partial charge in [0.05, 0.1) is 28.7 Å². The molecule has 1 fully saturated rings. The molecular formula is C18H21N7OS. The summed E-state index contributed by atoms with van der Waals surface area (Å²) in [6.07, 6.45) is 10.6. The van der Waals surface area contributed by atoms with E-state index in [9.17, 15) is 0 Å². The molecule has 0 atom stereocenters. The van der Waals surface area contributed by atoms with Crippen LogP contribution in [-0.2, 0) is 6.54 Å². The lowest BCUT2D eigenvalue weighted by molar-refractivity contribution is 0.108. The van der Waals surface area contributed by atoms with Gasteiger partial charge in [-0.15, -0.1) is 0 Å². The molecule has 3 heterocycles. The summed E-state index contributed by atoms with van der Waals surface area (Å²) in [5.41, 5.74) is 1.72. The molecule has 0 amide bonds. The van der Waals surface area contributed by atoms with Gasteiger partial charge in [-0.05, 0) is 39.4 Å². The molecule has 0 radical (unpaired) electrons. The topological polar surface area (TPSA) is 89.0 Å². The summed E-state index contributed by atoms with van der Waals surface area (Å²) in [6.45, 7) is 0.758. The van der Waals surface area contributed by atoms with Crippen molar-refractivity contribution in [1.82, 2.24) is 29.8 Å². The van der Waals surface area contributed by atoms with Crippen molar-refractivity contribution in [2.24, 2.45) is 0 Å². The van der Waals surface area contributed by atoms with E-state index >= 15 is 0 Å². The highest BCUT2D eigenvalue weighted by Gasteiger charge is 2.20. The minimum atomic E-state index is 0.257. The van der Waals surface area contributed by atoms with Crippen molar-refractivity contribution >= 4 is 22.3 Å². The van der Waals surface area contributed by atoms with Gasteiger partial charge in [0.1, 0.15) is 6.10 Å². The zero-order chi connectivity index (χ0) is 18.6. The molecule has 3 aromatic heterocycles. The van der Waals surface area contributed by atoms with Crippen LogP contribution in [0.25, 0.3) is 10.6 Å². The maximum atomic E-state index is 5.78. The second kappa shape index (κ2) is 7.93. The standard InChI is InChI=1S/C18H21N7OS/c1-25(2)11-12-8-21-16(10-20-12)24-18-22-9-15(27-18)14-6-7-19-17(23-14)26-13-4-3-5-13/h6-10,13H,3-5,11H2,1-2H3,(H,21,22,24). The van der Waals surface area contributed by atoms with Crippen LogP contribution in [0.3, 0.4) is 0 Å². The number of rotatable bonds is 7. The molecule has 0 aromatic carbocycles. The predicted molar refractivity (Wildman–Crippen MR) is 104 cm³/mol. The highest BCUT2D eigenvalue weighted by Crippen LogP contribution is 2.30. The average Bonchev–Trinajstić information content (AvgIpc) is 3.08. The summed E-state index contributed by atoms with van der Waals surface area (Å²) >= 11 is 1.50. The van der Waals surface area contributed by atoms with E-state index in [4.69, 9.17) is 4.74 Å². The van der Waals surface area contributed by atoms with Gasteiger partial charge in [-0.25, -0.2) is 15.0 Å². The van der Waals surface area contributed by atoms with Crippen molar-refractivity contribution in [1.29, 1.82) is 0 Å². The van der Waals surface area contributed by atoms with Crippen LogP contribution in [0.15, 0.2) is 30.9 Å². The van der Waals surface area contributed by atoms with Crippen molar-refractivity contribution in [3.8, 4) is 16.6 Å². The number of hydrogen-bond acceptors (Lipinski definition) is 9. The van der Waals surface area contributed by atoms with Gasteiger partial charge in [-0.1, -0.05) is 11.3 Å². The molecule has 1 saturated carbocycles. The Labute approximate surface area is 161 Å². The Bertz CT molecular complexity index is 893. The first-order valence-electron chi connectivity index (χ1n) is 8.84. The normalized spacial score (nSPS) is 14.2. The Morgan fingerprint density at radius 2 is 2.04 bits per heavy atom. The largest absolute Gasteiger partial charge is 0.460 e. The van der Waals surface area contributed by atoms with Crippen LogP contribution in [-0.4, -0.2) is 50.0 Å². The number of aromatic nitrogens is 5. The number of ether oxygens (including phenoxy) is 1. The van der Waals surface area contributed by atoms with E-state index in [0.29, 0.717) is 11.8 Å². The number of anilines is 2. The van der Waals surface area contributed by atoms with E-state index in [1.165, 1.54) is 17.8 Å². The molecule has 1 aliphatic rings. The summed E-state index contributed by atoms with van der Waals surface area (Å²) < 4.78 is 5.78. The molecule has 4 rings (SSSR count). The van der Waals surface area contributed by atoms with Crippen LogP contribution in [0.2, 0.25) is 0 Å². The number of hydrogen-bond donors (Lipinski definition) is 1. The van der Waals surface area contributed by atoms with Crippen LogP contribution in [0.4, 0.5) is 10.9 Å². The summed E-state index contributed by atoms with van der Waals surface area (Å²) in [6, 6.07) is 2.29. The third-order valence-electron chi connectivity index (χ3n) is 4.13. The first-order valence-corrected chi connectivity index (χ1v) is 9.66. The molecule has 0 unspecified atom stereocenters. The Balaban J connectivity index is 1.43. The van der Waals surface area contributed by atoms with Gasteiger partial charge in [0.25, 0.3) is 0 Å². The smallest absolute Gasteiger partial charge is 0.317 e. The van der Waals surface area contributed by atoms with Crippen molar-refractivity contribution in [3.05, 3.63) is 36.5 Å². The second-order valence-electron chi connectivity index (χ2n) is 6.68. The molecule has 9 heteroatoms. The lowest BCUT2D eigenvalue weighted by Gasteiger charge is -2.24. The number of nitrogens with zero attached hydrogens (tertiary/aromatic N) is 6. The van der Waals surface area contributed by atoms with Crippen molar-refractivity contribution < 1.29 is 4.74 Å². The van der Waals surface area contributed by atoms with E-state index in [0.717, 1.165) is 40.8 Å². The Morgan fingerprint density at radius 3 is 2.74 bits per heavy atom. The SMILES string of the molecule is CN(C)Cc1cnc(Nc2ncc(-c3ccnc(OC4CCC4)n3)s2)cn1. The third-order valence-corrected chi connectivity index (χ3v) is 5.07. The maximum Gasteiger partial charge on any atom is 0.317 e. The molecule has 27 heavy (non-hydrogen) atoms. The van der Waals surface area contributed by atoms with Gasteiger partial charge >= 0.3 is 6.01 Å². The molecule has 140 valence electrons. The zero-order valence-electron chi connectivity index (χ0n) is 15.3. The van der Waals surface area contributed by atoms with E-state index in [1.54, 1.807) is 24.8 Å². The van der Waals surface area contributed by atoms with Crippen LogP contribution in [0.5, 0.6) is 6.01 Å². The van der Waals surface area contributed by atoms with Crippen molar-refractivity contribution in [2.45, 2.75) is 31.9 Å². The molecule has 1 N–H and O–H groups in total. The summed E-state index contributed by atoms with van der Waals surface area (Å²) in [7, 11) is 4.00. The Kier molecular flexibility index (Phi) is 5.21. The average molecular weight is 383 g/mol. The summed E-state index contributed by atoms with van der Waals surface area (Å²) in [5.74, 6) is 0.662. The number of thiazole rings is 1. The fraction of sp³-hybridized carbons (Fsp3) is 0.389. The van der Waals surface area contributed by atoms with Gasteiger partial charge in [0.2, 0.25) is 0 Å². The van der Waals surface area contributed by atoms with Crippen LogP contribution in [0.1, 0.15) is 25.0 Å². The molecule has 1 aliphatic carbocycles. The van der Waals surface area contributed by atoms with Gasteiger partial charge < -0.3 is 15.0 Å². The van der Waals surface area contributed by atoms with E-state index in [-0.39, 0.29) is 6.10 Å². The molecule has 0 saturated heterocycles. The third kappa shape index (κ3) is 4.55. The summed E-state index contributed by atoms with van der Waals surface area (Å²) in [4.78, 5) is 24.9. The van der Waals surface area contributed by atoms with Gasteiger partial charge in [0.15, 0.2) is 10.9 Å². The Hall–Kier alpha value is -2.65. The van der Waals surface area contributed by atoms with Gasteiger partial charge in [-0.2, -0.15) is 4.98 Å². The lowest BCUT2D eigenvalue weighted by Crippen LogP contribution is -2.25. The highest BCUT2D eigenvalue weighted by molar-refractivity contribution is 7.18. The van der Waals surface area contributed by atoms with E-state index < -0.39 is 0 Å². The lowest BCUT2D eigenvalue weighted by atomic mass is 9.96. The molecule has 0 bridgehead atoms. The molecular weight excluding hydrogens is 362 g/mol. The van der Waals surface area contributed by atoms with E-state index in [1.807, 2.05) is 20.2 Å². The van der Waals surface area contributed by atoms with Gasteiger partial charge in [0, 0.05) is 18.9 Å². The molecule has 0 spiro atoms. The van der Waals surface area contributed by atoms with Gasteiger partial charge in [-0.3, -0.25) is 4.98 Å². The number of nitrogens with one attached hydrogen (secondary N) is 1. The van der Waals surface area contributed by atoms with Crippen LogP contribution in [0, 0.1) is 0 Å². The van der Waals surface area contributed by atoms with Crippen LogP contribution >= 0.6 is 11.3 Å². The zero-order valence-corrected chi connectivity index (χ0v) is 16.1. The maximum absolute atomic E-state index is 5.78. The quantitative estimate of drug-likeness (QED) is 0.666. The minimum Gasteiger partial charge on any atom is -0.460 e. The molecule has 0 aliphatic heterocycles. The van der Waals surface area contributed by atoms with Crippen LogP contribution < -0.4 is 10.1 Å². The first-order chi connectivity index (χ1) is 13.2. The second-order valence-corrected chi connectivity index (χ2v) is 7.71. The highest BCUT2D eigenvalue weighted by atomic mass is 32.1. The first kappa shape index (κ1) is 17.7. The molecule has 3 aromatic rings. The fourth-order valence-corrected chi connectivity index (χ4v) is 3.35. The monoisotopic (exact) mass is 383 g/mol. The predicted octanol–water partition coefficient (Wildman–Crippen LogP) is 3.13. The molecule has 8 nitrogen and oxygen atoms in total. The fourth-order valence-electron chi connectivity index (χ4n) is 2.56. The van der Waals surface area contributed by atoms with Crippen molar-refractivity contribution in [3.63, 3.8) is 0 Å². The summed E-state index contributed by atoms with van der Waals surface area (Å²) in [5, 5.41) is 3.92. The van der Waals surface area contributed by atoms with E-state index in [2.05, 4.69) is 35.1 Å². The Morgan fingerprint density at radius 1 is 1.15 bits per heavy atom. The minimum absolute atomic E-state index is 0.257.